The fraction of sp³-hybridized carbons (Fsp3) is 0.250. The van der Waals surface area contributed by atoms with E-state index in [4.69, 9.17) is 34.8 Å². The van der Waals surface area contributed by atoms with Crippen molar-refractivity contribution >= 4 is 40.0 Å². The summed E-state index contributed by atoms with van der Waals surface area (Å²) in [5.41, 5.74) is -0.0702. The lowest BCUT2D eigenvalue weighted by Crippen LogP contribution is -2.28. The number of carbonyl (C=O) groups excluding carboxylic acids is 1. The Hall–Kier alpha value is -0.500. The molecule has 0 spiro atoms. The standard InChI is InChI=1S/C12H11Cl3O/c1-3-6-12(2,11(15)16)8-4-5-9(13)10(14)7-8/h3-5,7H,1,6H2,2H3. The number of allylic oxidation sites excluding steroid dienone is 1. The van der Waals surface area contributed by atoms with E-state index in [0.29, 0.717) is 16.5 Å². The second-order valence-electron chi connectivity index (χ2n) is 3.73. The van der Waals surface area contributed by atoms with Crippen molar-refractivity contribution < 1.29 is 4.79 Å². The van der Waals surface area contributed by atoms with Gasteiger partial charge in [0.2, 0.25) is 5.24 Å². The van der Waals surface area contributed by atoms with Gasteiger partial charge in [-0.05, 0) is 42.6 Å². The predicted octanol–water partition coefficient (Wildman–Crippen LogP) is 4.59. The van der Waals surface area contributed by atoms with Gasteiger partial charge in [0.15, 0.2) is 0 Å². The topological polar surface area (TPSA) is 17.1 Å². The zero-order chi connectivity index (χ0) is 12.3. The third kappa shape index (κ3) is 2.60. The van der Waals surface area contributed by atoms with Crippen LogP contribution in [-0.2, 0) is 10.2 Å². The van der Waals surface area contributed by atoms with Gasteiger partial charge >= 0.3 is 0 Å². The first kappa shape index (κ1) is 13.6. The van der Waals surface area contributed by atoms with Crippen LogP contribution in [0.4, 0.5) is 0 Å². The first-order valence-corrected chi connectivity index (χ1v) is 5.81. The van der Waals surface area contributed by atoms with Gasteiger partial charge in [0, 0.05) is 0 Å². The molecule has 0 aliphatic rings. The van der Waals surface area contributed by atoms with E-state index in [1.54, 1.807) is 31.2 Å². The molecular weight excluding hydrogens is 266 g/mol. The minimum atomic E-state index is -0.808. The highest BCUT2D eigenvalue weighted by molar-refractivity contribution is 6.65. The van der Waals surface area contributed by atoms with Crippen molar-refractivity contribution in [2.24, 2.45) is 0 Å². The number of rotatable bonds is 4. The highest BCUT2D eigenvalue weighted by atomic mass is 35.5. The number of benzene rings is 1. The lowest BCUT2D eigenvalue weighted by molar-refractivity contribution is -0.116. The molecule has 0 saturated carbocycles. The van der Waals surface area contributed by atoms with Crippen LogP contribution in [0.25, 0.3) is 0 Å². The Morgan fingerprint density at radius 2 is 2.06 bits per heavy atom. The monoisotopic (exact) mass is 276 g/mol. The van der Waals surface area contributed by atoms with Crippen LogP contribution >= 0.6 is 34.8 Å². The van der Waals surface area contributed by atoms with E-state index in [1.165, 1.54) is 0 Å². The SMILES string of the molecule is C=CCC(C)(C(=O)Cl)c1ccc(Cl)c(Cl)c1. The average Bonchev–Trinajstić information content (AvgIpc) is 2.22. The molecule has 1 rings (SSSR count). The van der Waals surface area contributed by atoms with E-state index >= 15 is 0 Å². The van der Waals surface area contributed by atoms with Crippen molar-refractivity contribution in [3.63, 3.8) is 0 Å². The molecule has 0 saturated heterocycles. The van der Waals surface area contributed by atoms with Crippen LogP contribution < -0.4 is 0 Å². The van der Waals surface area contributed by atoms with E-state index in [0.717, 1.165) is 5.56 Å². The maximum Gasteiger partial charge on any atom is 0.232 e. The molecule has 0 N–H and O–H groups in total. The quantitative estimate of drug-likeness (QED) is 0.581. The summed E-state index contributed by atoms with van der Waals surface area (Å²) in [6.07, 6.45) is 2.11. The Kier molecular flexibility index (Phi) is 4.43. The lowest BCUT2D eigenvalue weighted by atomic mass is 9.81. The van der Waals surface area contributed by atoms with Crippen LogP contribution in [0.1, 0.15) is 18.9 Å². The van der Waals surface area contributed by atoms with Crippen molar-refractivity contribution in [3.05, 3.63) is 46.5 Å². The molecule has 0 bridgehead atoms. The minimum Gasteiger partial charge on any atom is -0.280 e. The fourth-order valence-corrected chi connectivity index (χ4v) is 1.92. The molecule has 0 heterocycles. The molecule has 0 amide bonds. The van der Waals surface area contributed by atoms with Crippen molar-refractivity contribution in [2.45, 2.75) is 18.8 Å². The Morgan fingerprint density at radius 1 is 1.44 bits per heavy atom. The van der Waals surface area contributed by atoms with Gasteiger partial charge in [0.25, 0.3) is 0 Å². The Bertz CT molecular complexity index is 428. The van der Waals surface area contributed by atoms with Gasteiger partial charge in [0.1, 0.15) is 0 Å². The number of halogens is 3. The first-order valence-electron chi connectivity index (χ1n) is 4.68. The molecule has 0 fully saturated rings. The zero-order valence-corrected chi connectivity index (χ0v) is 11.0. The van der Waals surface area contributed by atoms with Gasteiger partial charge in [-0.2, -0.15) is 0 Å². The Labute approximate surface area is 110 Å². The maximum atomic E-state index is 11.5. The molecular formula is C12H11Cl3O. The molecule has 0 aliphatic carbocycles. The second-order valence-corrected chi connectivity index (χ2v) is 4.89. The predicted molar refractivity (Wildman–Crippen MR) is 69.5 cm³/mol. The summed E-state index contributed by atoms with van der Waals surface area (Å²) < 4.78 is 0. The van der Waals surface area contributed by atoms with Gasteiger partial charge in [0.05, 0.1) is 15.5 Å². The van der Waals surface area contributed by atoms with Crippen LogP contribution in [0.2, 0.25) is 10.0 Å². The first-order chi connectivity index (χ1) is 7.41. The Balaban J connectivity index is 3.26. The van der Waals surface area contributed by atoms with Gasteiger partial charge < -0.3 is 0 Å². The smallest absolute Gasteiger partial charge is 0.232 e. The highest BCUT2D eigenvalue weighted by Gasteiger charge is 2.32. The van der Waals surface area contributed by atoms with Crippen LogP contribution in [0, 0.1) is 0 Å². The third-order valence-electron chi connectivity index (χ3n) is 2.54. The third-order valence-corrected chi connectivity index (χ3v) is 3.70. The van der Waals surface area contributed by atoms with Gasteiger partial charge in [-0.15, -0.1) is 6.58 Å². The normalized spacial score (nSPS) is 14.2. The van der Waals surface area contributed by atoms with E-state index in [-0.39, 0.29) is 0 Å². The summed E-state index contributed by atoms with van der Waals surface area (Å²) >= 11 is 17.4. The van der Waals surface area contributed by atoms with E-state index in [9.17, 15) is 4.79 Å². The van der Waals surface area contributed by atoms with Crippen LogP contribution in [0.5, 0.6) is 0 Å². The summed E-state index contributed by atoms with van der Waals surface area (Å²) in [6.45, 7) is 5.38. The van der Waals surface area contributed by atoms with E-state index in [1.807, 2.05) is 0 Å². The second kappa shape index (κ2) is 5.22. The largest absolute Gasteiger partial charge is 0.280 e. The molecule has 1 unspecified atom stereocenters. The summed E-state index contributed by atoms with van der Waals surface area (Å²) in [5.74, 6) is 0. The van der Waals surface area contributed by atoms with Crippen LogP contribution in [0.15, 0.2) is 30.9 Å². The molecule has 86 valence electrons. The fourth-order valence-electron chi connectivity index (χ4n) is 1.44. The van der Waals surface area contributed by atoms with Gasteiger partial charge in [-0.25, -0.2) is 0 Å². The summed E-state index contributed by atoms with van der Waals surface area (Å²) in [5, 5.41) is 0.423. The molecule has 1 aromatic carbocycles. The average molecular weight is 278 g/mol. The highest BCUT2D eigenvalue weighted by Crippen LogP contribution is 2.34. The number of carbonyl (C=O) groups is 1. The zero-order valence-electron chi connectivity index (χ0n) is 8.77. The molecule has 4 heteroatoms. The molecule has 0 aliphatic heterocycles. The van der Waals surface area contributed by atoms with Gasteiger partial charge in [-0.1, -0.05) is 35.3 Å². The minimum absolute atomic E-state index is 0.410. The van der Waals surface area contributed by atoms with Crippen molar-refractivity contribution in [2.75, 3.05) is 0 Å². The van der Waals surface area contributed by atoms with E-state index < -0.39 is 10.7 Å². The van der Waals surface area contributed by atoms with E-state index in [2.05, 4.69) is 6.58 Å². The summed E-state index contributed by atoms with van der Waals surface area (Å²) in [7, 11) is 0. The summed E-state index contributed by atoms with van der Waals surface area (Å²) in [4.78, 5) is 11.5. The summed E-state index contributed by atoms with van der Waals surface area (Å²) in [6, 6.07) is 5.06. The molecule has 1 atom stereocenters. The Morgan fingerprint density at radius 3 is 2.50 bits per heavy atom. The molecule has 0 aromatic heterocycles. The molecule has 16 heavy (non-hydrogen) atoms. The molecule has 1 nitrogen and oxygen atoms in total. The molecule has 1 aromatic rings. The lowest BCUT2D eigenvalue weighted by Gasteiger charge is -2.24. The van der Waals surface area contributed by atoms with Crippen molar-refractivity contribution in [1.82, 2.24) is 0 Å². The number of hydrogen-bond donors (Lipinski definition) is 0. The van der Waals surface area contributed by atoms with Crippen molar-refractivity contribution in [1.29, 1.82) is 0 Å². The molecule has 0 radical (unpaired) electrons. The van der Waals surface area contributed by atoms with Crippen LogP contribution in [0.3, 0.4) is 0 Å². The maximum absolute atomic E-state index is 11.5. The van der Waals surface area contributed by atoms with Gasteiger partial charge in [-0.3, -0.25) is 4.79 Å². The van der Waals surface area contributed by atoms with Crippen molar-refractivity contribution in [3.8, 4) is 0 Å². The number of hydrogen-bond acceptors (Lipinski definition) is 1. The van der Waals surface area contributed by atoms with Crippen LogP contribution in [-0.4, -0.2) is 5.24 Å².